The molecule has 6 heteroatoms. The van der Waals surface area contributed by atoms with E-state index < -0.39 is 11.6 Å². The highest BCUT2D eigenvalue weighted by Crippen LogP contribution is 2.37. The molecule has 2 aromatic rings. The molecule has 3 amide bonds. The van der Waals surface area contributed by atoms with Crippen molar-refractivity contribution in [2.24, 2.45) is 0 Å². The van der Waals surface area contributed by atoms with Crippen LogP contribution in [0.15, 0.2) is 30.3 Å². The molecule has 1 N–H and O–H groups in total. The predicted octanol–water partition coefficient (Wildman–Crippen LogP) is 3.06. The van der Waals surface area contributed by atoms with E-state index in [1.807, 2.05) is 49.6 Å². The number of rotatable bonds is 4. The third kappa shape index (κ3) is 2.67. The fourth-order valence-corrected chi connectivity index (χ4v) is 4.13. The molecule has 6 nitrogen and oxygen atoms in total. The van der Waals surface area contributed by atoms with Crippen LogP contribution in [0.2, 0.25) is 0 Å². The van der Waals surface area contributed by atoms with Crippen LogP contribution in [-0.4, -0.2) is 39.3 Å². The van der Waals surface area contributed by atoms with Crippen LogP contribution < -0.4 is 5.32 Å². The van der Waals surface area contributed by atoms with Crippen LogP contribution >= 0.6 is 0 Å². The van der Waals surface area contributed by atoms with Crippen LogP contribution in [0.25, 0.3) is 5.69 Å². The second-order valence-corrected chi connectivity index (χ2v) is 7.64. The van der Waals surface area contributed by atoms with Crippen molar-refractivity contribution in [3.63, 3.8) is 0 Å². The monoisotopic (exact) mass is 365 g/mol. The first-order valence-corrected chi connectivity index (χ1v) is 9.26. The van der Waals surface area contributed by atoms with E-state index in [1.54, 1.807) is 0 Å². The van der Waals surface area contributed by atoms with Gasteiger partial charge in [-0.3, -0.25) is 14.5 Å². The largest absolute Gasteiger partial charge is 0.325 e. The summed E-state index contributed by atoms with van der Waals surface area (Å²) < 4.78 is 2.03. The highest BCUT2D eigenvalue weighted by Gasteiger charge is 2.55. The molecule has 1 spiro atoms. The Morgan fingerprint density at radius 2 is 1.89 bits per heavy atom. The maximum Gasteiger partial charge on any atom is 0.325 e. The quantitative estimate of drug-likeness (QED) is 0.669. The van der Waals surface area contributed by atoms with Gasteiger partial charge in [0.25, 0.3) is 5.91 Å². The molecule has 0 radical (unpaired) electrons. The molecule has 140 valence electrons. The number of urea groups is 1. The lowest BCUT2D eigenvalue weighted by Crippen LogP contribution is -2.52. The number of ketones is 1. The van der Waals surface area contributed by atoms with Crippen molar-refractivity contribution in [3.05, 3.63) is 52.8 Å². The minimum Gasteiger partial charge on any atom is -0.323 e. The molecule has 1 aromatic carbocycles. The van der Waals surface area contributed by atoms with E-state index in [9.17, 15) is 14.4 Å². The molecule has 1 aliphatic heterocycles. The lowest BCUT2D eigenvalue weighted by Gasteiger charge is -2.34. The van der Waals surface area contributed by atoms with Gasteiger partial charge < -0.3 is 9.88 Å². The van der Waals surface area contributed by atoms with Gasteiger partial charge in [-0.1, -0.05) is 12.1 Å². The zero-order valence-electron chi connectivity index (χ0n) is 15.8. The van der Waals surface area contributed by atoms with E-state index in [1.165, 1.54) is 0 Å². The summed E-state index contributed by atoms with van der Waals surface area (Å²) in [5.41, 5.74) is 3.67. The van der Waals surface area contributed by atoms with Crippen molar-refractivity contribution >= 4 is 17.7 Å². The molecular formula is C21H23N3O3. The second kappa shape index (κ2) is 6.08. The molecule has 1 saturated carbocycles. The Morgan fingerprint density at radius 1 is 1.15 bits per heavy atom. The Morgan fingerprint density at radius 3 is 2.48 bits per heavy atom. The van der Waals surface area contributed by atoms with Crippen molar-refractivity contribution in [3.8, 4) is 5.69 Å². The summed E-state index contributed by atoms with van der Waals surface area (Å²) in [5, 5.41) is 2.77. The van der Waals surface area contributed by atoms with Crippen molar-refractivity contribution in [1.82, 2.24) is 14.8 Å². The molecule has 2 heterocycles. The normalized spacial score (nSPS) is 18.0. The number of imide groups is 1. The van der Waals surface area contributed by atoms with Crippen LogP contribution in [0, 0.1) is 20.8 Å². The van der Waals surface area contributed by atoms with Gasteiger partial charge in [-0.2, -0.15) is 0 Å². The Hall–Kier alpha value is -2.89. The summed E-state index contributed by atoms with van der Waals surface area (Å²) in [6.07, 6.45) is 2.24. The number of nitrogens with one attached hydrogen (secondary N) is 1. The number of benzene rings is 1. The number of amides is 3. The molecule has 2 fully saturated rings. The third-order valence-corrected chi connectivity index (χ3v) is 5.75. The van der Waals surface area contributed by atoms with E-state index in [-0.39, 0.29) is 18.2 Å². The highest BCUT2D eigenvalue weighted by molar-refractivity contribution is 6.11. The van der Waals surface area contributed by atoms with Crippen LogP contribution in [0.5, 0.6) is 0 Å². The van der Waals surface area contributed by atoms with Gasteiger partial charge in [-0.05, 0) is 63.8 Å². The first-order valence-electron chi connectivity index (χ1n) is 9.26. The zero-order valence-corrected chi connectivity index (χ0v) is 15.8. The summed E-state index contributed by atoms with van der Waals surface area (Å²) in [6.45, 7) is 5.65. The average molecular weight is 365 g/mol. The van der Waals surface area contributed by atoms with Crippen LogP contribution in [0.1, 0.15) is 46.6 Å². The third-order valence-electron chi connectivity index (χ3n) is 5.75. The average Bonchev–Trinajstić information content (AvgIpc) is 3.02. The van der Waals surface area contributed by atoms with E-state index in [0.29, 0.717) is 18.4 Å². The molecule has 1 aliphatic carbocycles. The Balaban J connectivity index is 1.61. The molecule has 1 saturated heterocycles. The van der Waals surface area contributed by atoms with Gasteiger partial charge in [-0.25, -0.2) is 4.79 Å². The molecule has 27 heavy (non-hydrogen) atoms. The minimum atomic E-state index is -0.754. The van der Waals surface area contributed by atoms with E-state index in [0.717, 1.165) is 34.0 Å². The number of hydrogen-bond acceptors (Lipinski definition) is 3. The number of carbonyl (C=O) groups is 3. The van der Waals surface area contributed by atoms with E-state index in [4.69, 9.17) is 0 Å². The lowest BCUT2D eigenvalue weighted by atomic mass is 9.77. The Kier molecular flexibility index (Phi) is 3.94. The van der Waals surface area contributed by atoms with Gasteiger partial charge in [0.1, 0.15) is 5.54 Å². The van der Waals surface area contributed by atoms with Crippen molar-refractivity contribution < 1.29 is 14.4 Å². The van der Waals surface area contributed by atoms with Gasteiger partial charge in [0.05, 0.1) is 6.54 Å². The van der Waals surface area contributed by atoms with E-state index >= 15 is 0 Å². The Bertz CT molecular complexity index is 969. The van der Waals surface area contributed by atoms with Gasteiger partial charge >= 0.3 is 6.03 Å². The maximum atomic E-state index is 12.9. The number of carbonyl (C=O) groups excluding carboxylic acids is 3. The van der Waals surface area contributed by atoms with Gasteiger partial charge in [0, 0.05) is 22.6 Å². The first kappa shape index (κ1) is 17.5. The topological polar surface area (TPSA) is 71.4 Å². The molecule has 0 atom stereocenters. The summed E-state index contributed by atoms with van der Waals surface area (Å²) in [6, 6.07) is 9.44. The van der Waals surface area contributed by atoms with Crippen LogP contribution in [-0.2, 0) is 4.79 Å². The highest BCUT2D eigenvalue weighted by atomic mass is 16.2. The SMILES string of the molecule is Cc1cccc(-n2c(C)cc(C(=O)CN3C(=O)NC4(CCC4)C3=O)c2C)c1. The number of aryl methyl sites for hydroxylation is 2. The summed E-state index contributed by atoms with van der Waals surface area (Å²) in [4.78, 5) is 38.8. The summed E-state index contributed by atoms with van der Waals surface area (Å²) in [5.74, 6) is -0.485. The van der Waals surface area contributed by atoms with Crippen molar-refractivity contribution in [2.75, 3.05) is 6.54 Å². The van der Waals surface area contributed by atoms with Crippen LogP contribution in [0.4, 0.5) is 4.79 Å². The fourth-order valence-electron chi connectivity index (χ4n) is 4.13. The van der Waals surface area contributed by atoms with Crippen molar-refractivity contribution in [1.29, 1.82) is 0 Å². The Labute approximate surface area is 158 Å². The van der Waals surface area contributed by atoms with Gasteiger partial charge in [0.15, 0.2) is 5.78 Å². The van der Waals surface area contributed by atoms with Crippen LogP contribution in [0.3, 0.4) is 0 Å². The molecule has 2 aliphatic rings. The lowest BCUT2D eigenvalue weighted by molar-refractivity contribution is -0.133. The molecule has 4 rings (SSSR count). The predicted molar refractivity (Wildman–Crippen MR) is 101 cm³/mol. The van der Waals surface area contributed by atoms with Gasteiger partial charge in [-0.15, -0.1) is 0 Å². The molecule has 0 bridgehead atoms. The number of Topliss-reactive ketones (excluding diaryl/α,β-unsaturated/α-hetero) is 1. The summed E-state index contributed by atoms with van der Waals surface area (Å²) in [7, 11) is 0. The summed E-state index contributed by atoms with van der Waals surface area (Å²) >= 11 is 0. The number of hydrogen-bond donors (Lipinski definition) is 1. The van der Waals surface area contributed by atoms with Crippen molar-refractivity contribution in [2.45, 2.75) is 45.6 Å². The smallest absolute Gasteiger partial charge is 0.323 e. The fraction of sp³-hybridized carbons (Fsp3) is 0.381. The zero-order chi connectivity index (χ0) is 19.3. The first-order chi connectivity index (χ1) is 12.8. The number of nitrogens with zero attached hydrogens (tertiary/aromatic N) is 2. The van der Waals surface area contributed by atoms with E-state index in [2.05, 4.69) is 11.4 Å². The second-order valence-electron chi connectivity index (χ2n) is 7.64. The standard InChI is InChI=1S/C21H23N3O3/c1-13-6-4-7-16(10-13)24-14(2)11-17(15(24)3)18(25)12-23-19(26)21(8-5-9-21)22-20(23)27/h4,6-7,10-11H,5,8-9,12H2,1-3H3,(H,22,27). The number of aromatic nitrogens is 1. The minimum absolute atomic E-state index is 0.218. The van der Waals surface area contributed by atoms with Gasteiger partial charge in [0.2, 0.25) is 0 Å². The maximum absolute atomic E-state index is 12.9. The molecule has 1 aromatic heterocycles. The molecule has 0 unspecified atom stereocenters. The molecular weight excluding hydrogens is 342 g/mol.